The minimum Gasteiger partial charge on any atom is -0.396 e. The van der Waals surface area contributed by atoms with Crippen LogP contribution in [0.1, 0.15) is 44.7 Å². The van der Waals surface area contributed by atoms with Crippen LogP contribution in [0.3, 0.4) is 0 Å². The van der Waals surface area contributed by atoms with Crippen molar-refractivity contribution in [2.24, 2.45) is 0 Å². The van der Waals surface area contributed by atoms with Gasteiger partial charge in [-0.1, -0.05) is 13.8 Å². The molecule has 2 N–H and O–H groups in total. The van der Waals surface area contributed by atoms with E-state index in [9.17, 15) is 0 Å². The molecule has 2 rings (SSSR count). The highest BCUT2D eigenvalue weighted by molar-refractivity contribution is 5.46. The molecule has 2 heterocycles. The molecule has 1 aromatic heterocycles. The molecule has 4 heteroatoms. The van der Waals surface area contributed by atoms with Crippen molar-refractivity contribution in [2.75, 3.05) is 23.7 Å². The Labute approximate surface area is 96.9 Å². The van der Waals surface area contributed by atoms with Crippen molar-refractivity contribution >= 4 is 11.6 Å². The summed E-state index contributed by atoms with van der Waals surface area (Å²) in [7, 11) is 0. The summed E-state index contributed by atoms with van der Waals surface area (Å²) >= 11 is 0. The zero-order valence-electron chi connectivity index (χ0n) is 10.1. The van der Waals surface area contributed by atoms with Crippen molar-refractivity contribution in [2.45, 2.75) is 39.0 Å². The van der Waals surface area contributed by atoms with Gasteiger partial charge in [-0.2, -0.15) is 0 Å². The molecule has 1 aromatic rings. The van der Waals surface area contributed by atoms with Crippen LogP contribution in [0.5, 0.6) is 0 Å². The van der Waals surface area contributed by atoms with Crippen LogP contribution in [0.4, 0.5) is 11.6 Å². The maximum absolute atomic E-state index is 5.88. The van der Waals surface area contributed by atoms with Crippen LogP contribution in [-0.4, -0.2) is 23.1 Å². The quantitative estimate of drug-likeness (QED) is 0.830. The van der Waals surface area contributed by atoms with Crippen LogP contribution >= 0.6 is 0 Å². The van der Waals surface area contributed by atoms with Gasteiger partial charge >= 0.3 is 0 Å². The number of aromatic nitrogens is 2. The number of hydrogen-bond acceptors (Lipinski definition) is 4. The highest BCUT2D eigenvalue weighted by atomic mass is 15.3. The third-order valence-electron chi connectivity index (χ3n) is 3.02. The lowest BCUT2D eigenvalue weighted by atomic mass is 10.1. The number of nitrogen functional groups attached to an aromatic ring is 1. The first-order valence-electron chi connectivity index (χ1n) is 6.06. The molecule has 1 aliphatic heterocycles. The maximum atomic E-state index is 5.88. The van der Waals surface area contributed by atoms with Gasteiger partial charge < -0.3 is 10.6 Å². The van der Waals surface area contributed by atoms with Gasteiger partial charge in [-0.05, 0) is 25.2 Å². The van der Waals surface area contributed by atoms with E-state index in [4.69, 9.17) is 5.73 Å². The van der Waals surface area contributed by atoms with Crippen LogP contribution < -0.4 is 10.6 Å². The molecule has 0 amide bonds. The average Bonchev–Trinajstić information content (AvgIpc) is 2.30. The number of rotatable bonds is 2. The van der Waals surface area contributed by atoms with Crippen LogP contribution in [0.2, 0.25) is 0 Å². The average molecular weight is 220 g/mol. The Morgan fingerprint density at radius 3 is 2.56 bits per heavy atom. The van der Waals surface area contributed by atoms with Crippen LogP contribution in [0.25, 0.3) is 0 Å². The smallest absolute Gasteiger partial charge is 0.225 e. The van der Waals surface area contributed by atoms with Crippen molar-refractivity contribution in [3.05, 3.63) is 11.9 Å². The highest BCUT2D eigenvalue weighted by Crippen LogP contribution is 2.22. The first-order valence-corrected chi connectivity index (χ1v) is 6.06. The summed E-state index contributed by atoms with van der Waals surface area (Å²) < 4.78 is 0. The SMILES string of the molecule is CC(C)c1nc(N2CCCCC2)ncc1N. The van der Waals surface area contributed by atoms with Gasteiger partial charge in [0.25, 0.3) is 0 Å². The second-order valence-corrected chi connectivity index (χ2v) is 4.71. The van der Waals surface area contributed by atoms with E-state index >= 15 is 0 Å². The predicted molar refractivity (Wildman–Crippen MR) is 66.6 cm³/mol. The lowest BCUT2D eigenvalue weighted by molar-refractivity contribution is 0.566. The second kappa shape index (κ2) is 4.68. The molecule has 1 aliphatic rings. The summed E-state index contributed by atoms with van der Waals surface area (Å²) in [5.41, 5.74) is 7.55. The van der Waals surface area contributed by atoms with Gasteiger partial charge in [-0.15, -0.1) is 0 Å². The van der Waals surface area contributed by atoms with Crippen molar-refractivity contribution in [3.8, 4) is 0 Å². The summed E-state index contributed by atoms with van der Waals surface area (Å²) in [6.07, 6.45) is 5.55. The van der Waals surface area contributed by atoms with E-state index in [0.29, 0.717) is 11.6 Å². The minimum atomic E-state index is 0.353. The fourth-order valence-corrected chi connectivity index (χ4v) is 2.10. The number of anilines is 2. The molecule has 0 spiro atoms. The van der Waals surface area contributed by atoms with Crippen molar-refractivity contribution in [1.82, 2.24) is 9.97 Å². The van der Waals surface area contributed by atoms with E-state index in [1.54, 1.807) is 6.20 Å². The van der Waals surface area contributed by atoms with E-state index in [1.165, 1.54) is 19.3 Å². The number of nitrogens with zero attached hydrogens (tertiary/aromatic N) is 3. The van der Waals surface area contributed by atoms with Gasteiger partial charge in [0.2, 0.25) is 5.95 Å². The predicted octanol–water partition coefficient (Wildman–Crippen LogP) is 2.17. The van der Waals surface area contributed by atoms with Gasteiger partial charge in [-0.3, -0.25) is 0 Å². The highest BCUT2D eigenvalue weighted by Gasteiger charge is 2.15. The van der Waals surface area contributed by atoms with Gasteiger partial charge in [-0.25, -0.2) is 9.97 Å². The first-order chi connectivity index (χ1) is 7.68. The van der Waals surface area contributed by atoms with E-state index in [-0.39, 0.29) is 0 Å². The zero-order valence-corrected chi connectivity index (χ0v) is 10.1. The normalized spacial score (nSPS) is 16.8. The van der Waals surface area contributed by atoms with Crippen LogP contribution in [0.15, 0.2) is 6.20 Å². The van der Waals surface area contributed by atoms with E-state index in [2.05, 4.69) is 28.7 Å². The molecule has 88 valence electrons. The number of nitrogens with two attached hydrogens (primary N) is 1. The molecule has 0 aromatic carbocycles. The Hall–Kier alpha value is -1.32. The standard InChI is InChI=1S/C12H20N4/c1-9(2)11-10(13)8-14-12(15-11)16-6-4-3-5-7-16/h8-9H,3-7,13H2,1-2H3. The first kappa shape index (κ1) is 11.2. The summed E-state index contributed by atoms with van der Waals surface area (Å²) in [5.74, 6) is 1.20. The molecule has 0 unspecified atom stereocenters. The fraction of sp³-hybridized carbons (Fsp3) is 0.667. The molecule has 0 saturated carbocycles. The van der Waals surface area contributed by atoms with E-state index < -0.39 is 0 Å². The number of hydrogen-bond donors (Lipinski definition) is 1. The molecule has 16 heavy (non-hydrogen) atoms. The molecule has 0 radical (unpaired) electrons. The van der Waals surface area contributed by atoms with Gasteiger partial charge in [0.05, 0.1) is 17.6 Å². The molecule has 1 saturated heterocycles. The van der Waals surface area contributed by atoms with E-state index in [1.807, 2.05) is 0 Å². The second-order valence-electron chi connectivity index (χ2n) is 4.71. The monoisotopic (exact) mass is 220 g/mol. The van der Waals surface area contributed by atoms with Crippen LogP contribution in [0, 0.1) is 0 Å². The molecule has 4 nitrogen and oxygen atoms in total. The Morgan fingerprint density at radius 2 is 1.94 bits per heavy atom. The summed E-state index contributed by atoms with van der Waals surface area (Å²) in [4.78, 5) is 11.2. The topological polar surface area (TPSA) is 55.0 Å². The number of piperidine rings is 1. The third-order valence-corrected chi connectivity index (χ3v) is 3.02. The molecule has 0 aliphatic carbocycles. The Bertz CT molecular complexity index is 356. The van der Waals surface area contributed by atoms with Crippen molar-refractivity contribution < 1.29 is 0 Å². The molecule has 0 bridgehead atoms. The van der Waals surface area contributed by atoms with Crippen molar-refractivity contribution in [1.29, 1.82) is 0 Å². The molecular formula is C12H20N4. The van der Waals surface area contributed by atoms with Gasteiger partial charge in [0, 0.05) is 13.1 Å². The van der Waals surface area contributed by atoms with Crippen LogP contribution in [-0.2, 0) is 0 Å². The van der Waals surface area contributed by atoms with Crippen molar-refractivity contribution in [3.63, 3.8) is 0 Å². The van der Waals surface area contributed by atoms with Gasteiger partial charge in [0.15, 0.2) is 0 Å². The molecular weight excluding hydrogens is 200 g/mol. The minimum absolute atomic E-state index is 0.353. The lowest BCUT2D eigenvalue weighted by Gasteiger charge is -2.27. The summed E-state index contributed by atoms with van der Waals surface area (Å²) in [6.45, 7) is 6.36. The van der Waals surface area contributed by atoms with Gasteiger partial charge in [0.1, 0.15) is 0 Å². The Morgan fingerprint density at radius 1 is 1.25 bits per heavy atom. The summed E-state index contributed by atoms with van der Waals surface area (Å²) in [6, 6.07) is 0. The lowest BCUT2D eigenvalue weighted by Crippen LogP contribution is -2.31. The fourth-order valence-electron chi connectivity index (χ4n) is 2.10. The maximum Gasteiger partial charge on any atom is 0.225 e. The van der Waals surface area contributed by atoms with E-state index in [0.717, 1.165) is 24.7 Å². The summed E-state index contributed by atoms with van der Waals surface area (Å²) in [5, 5.41) is 0. The molecule has 0 atom stereocenters. The Balaban J connectivity index is 2.24. The largest absolute Gasteiger partial charge is 0.396 e. The zero-order chi connectivity index (χ0) is 11.5. The third kappa shape index (κ3) is 2.26. The Kier molecular flexibility index (Phi) is 3.27. The molecule has 1 fully saturated rings.